The molecule has 5 rings (SSSR count). The van der Waals surface area contributed by atoms with Gasteiger partial charge < -0.3 is 4.57 Å². The number of hydrogen-bond acceptors (Lipinski definition) is 5. The number of fused-ring (bicyclic) bond motifs is 2. The van der Waals surface area contributed by atoms with E-state index >= 15 is 0 Å². The van der Waals surface area contributed by atoms with Crippen LogP contribution in [0.1, 0.15) is 5.82 Å². The van der Waals surface area contributed by atoms with E-state index in [-0.39, 0.29) is 5.82 Å². The topological polar surface area (TPSA) is 60.9 Å². The Morgan fingerprint density at radius 3 is 2.72 bits per heavy atom. The monoisotopic (exact) mass is 350 g/mol. The van der Waals surface area contributed by atoms with E-state index in [0.717, 1.165) is 27.4 Å². The molecule has 0 atom stereocenters. The van der Waals surface area contributed by atoms with Gasteiger partial charge in [0.15, 0.2) is 5.82 Å². The van der Waals surface area contributed by atoms with E-state index in [1.807, 2.05) is 28.8 Å². The Morgan fingerprint density at radius 1 is 1.00 bits per heavy atom. The average Bonchev–Trinajstić information content (AvgIpc) is 3.32. The Bertz CT molecular complexity index is 1190. The van der Waals surface area contributed by atoms with E-state index in [0.29, 0.717) is 11.5 Å². The number of nitrogens with zero attached hydrogens (tertiary/aromatic N) is 6. The highest BCUT2D eigenvalue weighted by Crippen LogP contribution is 2.26. The maximum absolute atomic E-state index is 13.1. The summed E-state index contributed by atoms with van der Waals surface area (Å²) in [6.07, 6.45) is 1.79. The number of benzene rings is 2. The molecule has 0 saturated heterocycles. The quantitative estimate of drug-likeness (QED) is 0.500. The van der Waals surface area contributed by atoms with Crippen LogP contribution in [0.5, 0.6) is 0 Å². The smallest absolute Gasteiger partial charge is 0.235 e. The fraction of sp³-hybridized carbons (Fsp3) is 0.0588. The van der Waals surface area contributed by atoms with Crippen molar-refractivity contribution in [2.45, 2.75) is 6.54 Å². The van der Waals surface area contributed by atoms with Crippen molar-refractivity contribution in [2.24, 2.45) is 0 Å². The van der Waals surface area contributed by atoms with Gasteiger partial charge in [-0.15, -0.1) is 10.2 Å². The van der Waals surface area contributed by atoms with Crippen LogP contribution in [-0.2, 0) is 6.54 Å². The number of rotatable bonds is 3. The molecule has 25 heavy (non-hydrogen) atoms. The number of para-hydroxylation sites is 2. The molecule has 0 saturated carbocycles. The van der Waals surface area contributed by atoms with Crippen LogP contribution in [0.4, 0.5) is 4.39 Å². The zero-order valence-electron chi connectivity index (χ0n) is 12.9. The van der Waals surface area contributed by atoms with Crippen LogP contribution in [0.3, 0.4) is 0 Å². The van der Waals surface area contributed by atoms with Gasteiger partial charge >= 0.3 is 0 Å². The van der Waals surface area contributed by atoms with Gasteiger partial charge in [0.2, 0.25) is 4.96 Å². The normalized spacial score (nSPS) is 11.6. The van der Waals surface area contributed by atoms with Gasteiger partial charge in [0.1, 0.15) is 10.8 Å². The van der Waals surface area contributed by atoms with E-state index in [1.54, 1.807) is 23.0 Å². The van der Waals surface area contributed by atoms with Gasteiger partial charge in [-0.05, 0) is 36.4 Å². The molecule has 2 aromatic carbocycles. The van der Waals surface area contributed by atoms with Crippen molar-refractivity contribution < 1.29 is 4.39 Å². The zero-order chi connectivity index (χ0) is 16.8. The lowest BCUT2D eigenvalue weighted by molar-refractivity contribution is 0.628. The minimum atomic E-state index is -0.264. The molecule has 8 heteroatoms. The van der Waals surface area contributed by atoms with Crippen molar-refractivity contribution in [3.05, 3.63) is 66.5 Å². The SMILES string of the molecule is Fc1ccc(-c2nn3c(Cn4cnc5ccccc54)nnc3s2)cc1. The lowest BCUT2D eigenvalue weighted by Gasteiger charge is -2.01. The molecule has 0 spiro atoms. The molecule has 0 aliphatic rings. The van der Waals surface area contributed by atoms with Crippen LogP contribution in [0.15, 0.2) is 54.9 Å². The average molecular weight is 350 g/mol. The van der Waals surface area contributed by atoms with Crippen LogP contribution in [0.2, 0.25) is 0 Å². The molecular weight excluding hydrogens is 339 g/mol. The summed E-state index contributed by atoms with van der Waals surface area (Å²) in [5.41, 5.74) is 2.83. The lowest BCUT2D eigenvalue weighted by Crippen LogP contribution is -2.04. The summed E-state index contributed by atoms with van der Waals surface area (Å²) in [5.74, 6) is 0.460. The van der Waals surface area contributed by atoms with E-state index in [4.69, 9.17) is 0 Å². The van der Waals surface area contributed by atoms with Crippen molar-refractivity contribution in [3.8, 4) is 10.6 Å². The van der Waals surface area contributed by atoms with Gasteiger partial charge in [0.25, 0.3) is 0 Å². The first-order valence-electron chi connectivity index (χ1n) is 7.65. The molecule has 5 aromatic rings. The van der Waals surface area contributed by atoms with E-state index in [1.165, 1.54) is 23.5 Å². The van der Waals surface area contributed by atoms with Gasteiger partial charge in [-0.1, -0.05) is 23.5 Å². The second-order valence-corrected chi connectivity index (χ2v) is 6.54. The fourth-order valence-corrected chi connectivity index (χ4v) is 3.62. The van der Waals surface area contributed by atoms with Gasteiger partial charge in [-0.25, -0.2) is 9.37 Å². The number of halogens is 1. The summed E-state index contributed by atoms with van der Waals surface area (Å²) in [7, 11) is 0. The van der Waals surface area contributed by atoms with Crippen LogP contribution in [0, 0.1) is 5.82 Å². The maximum atomic E-state index is 13.1. The highest BCUT2D eigenvalue weighted by molar-refractivity contribution is 7.19. The Balaban J connectivity index is 1.55. The highest BCUT2D eigenvalue weighted by atomic mass is 32.1. The third kappa shape index (κ3) is 2.38. The predicted octanol–water partition coefficient (Wildman–Crippen LogP) is 3.39. The van der Waals surface area contributed by atoms with Crippen molar-refractivity contribution in [3.63, 3.8) is 0 Å². The van der Waals surface area contributed by atoms with Crippen molar-refractivity contribution in [1.82, 2.24) is 29.4 Å². The molecule has 3 aromatic heterocycles. The van der Waals surface area contributed by atoms with Gasteiger partial charge in [-0.3, -0.25) is 0 Å². The summed E-state index contributed by atoms with van der Waals surface area (Å²) >= 11 is 1.42. The van der Waals surface area contributed by atoms with Crippen LogP contribution in [-0.4, -0.2) is 29.4 Å². The molecular formula is C17H11FN6S. The summed E-state index contributed by atoms with van der Waals surface area (Å²) in [6, 6.07) is 14.2. The third-order valence-corrected chi connectivity index (χ3v) is 4.93. The minimum Gasteiger partial charge on any atom is -0.323 e. The minimum absolute atomic E-state index is 0.264. The van der Waals surface area contributed by atoms with Gasteiger partial charge in [0, 0.05) is 5.56 Å². The molecule has 0 unspecified atom stereocenters. The molecule has 0 bridgehead atoms. The van der Waals surface area contributed by atoms with Crippen LogP contribution < -0.4 is 0 Å². The molecule has 0 aliphatic carbocycles. The number of hydrogen-bond donors (Lipinski definition) is 0. The molecule has 6 nitrogen and oxygen atoms in total. The summed E-state index contributed by atoms with van der Waals surface area (Å²) in [6.45, 7) is 0.522. The highest BCUT2D eigenvalue weighted by Gasteiger charge is 2.14. The van der Waals surface area contributed by atoms with Crippen molar-refractivity contribution >= 4 is 27.3 Å². The van der Waals surface area contributed by atoms with E-state index in [2.05, 4.69) is 20.3 Å². The van der Waals surface area contributed by atoms with Gasteiger partial charge in [-0.2, -0.15) is 9.61 Å². The Hall–Kier alpha value is -3.13. The van der Waals surface area contributed by atoms with E-state index in [9.17, 15) is 4.39 Å². The molecule has 0 amide bonds. The zero-order valence-corrected chi connectivity index (χ0v) is 13.7. The van der Waals surface area contributed by atoms with Crippen LogP contribution in [0.25, 0.3) is 26.6 Å². The molecule has 3 heterocycles. The lowest BCUT2D eigenvalue weighted by atomic mass is 10.2. The molecule has 0 N–H and O–H groups in total. The molecule has 0 fully saturated rings. The Kier molecular flexibility index (Phi) is 3.10. The molecule has 0 radical (unpaired) electrons. The number of imidazole rings is 1. The standard InChI is InChI=1S/C17H11FN6S/c18-12-7-5-11(6-8-12)16-22-24-15(20-21-17(24)25-16)9-23-10-19-13-3-1-2-4-14(13)23/h1-8,10H,9H2. The summed E-state index contributed by atoms with van der Waals surface area (Å²) < 4.78 is 16.8. The molecule has 0 aliphatic heterocycles. The summed E-state index contributed by atoms with van der Waals surface area (Å²) in [5, 5.41) is 13.8. The second-order valence-electron chi connectivity index (χ2n) is 5.59. The third-order valence-electron chi connectivity index (χ3n) is 3.99. The van der Waals surface area contributed by atoms with Crippen LogP contribution >= 0.6 is 11.3 Å². The number of aromatic nitrogens is 6. The van der Waals surface area contributed by atoms with E-state index < -0.39 is 0 Å². The maximum Gasteiger partial charge on any atom is 0.235 e. The first-order chi connectivity index (χ1) is 12.3. The largest absolute Gasteiger partial charge is 0.323 e. The predicted molar refractivity (Wildman–Crippen MR) is 92.9 cm³/mol. The summed E-state index contributed by atoms with van der Waals surface area (Å²) in [4.78, 5) is 5.10. The second kappa shape index (κ2) is 5.45. The Labute approximate surface area is 145 Å². The Morgan fingerprint density at radius 2 is 1.84 bits per heavy atom. The first-order valence-corrected chi connectivity index (χ1v) is 8.46. The first kappa shape index (κ1) is 14.2. The van der Waals surface area contributed by atoms with Crippen molar-refractivity contribution in [1.29, 1.82) is 0 Å². The van der Waals surface area contributed by atoms with Crippen molar-refractivity contribution in [2.75, 3.05) is 0 Å². The molecule has 122 valence electrons. The van der Waals surface area contributed by atoms with Gasteiger partial charge in [0.05, 0.1) is 23.9 Å². The fourth-order valence-electron chi connectivity index (χ4n) is 2.75.